The average molecular weight is 383 g/mol. The molecule has 0 N–H and O–H groups in total. The van der Waals surface area contributed by atoms with Crippen LogP contribution in [-0.2, 0) is 0 Å². The first kappa shape index (κ1) is 22.8. The summed E-state index contributed by atoms with van der Waals surface area (Å²) in [6.07, 6.45) is 15.4. The van der Waals surface area contributed by atoms with Crippen molar-refractivity contribution in [3.05, 3.63) is 47.2 Å². The Morgan fingerprint density at radius 1 is 0.821 bits per heavy atom. The number of hydrogen-bond donors (Lipinski definition) is 0. The van der Waals surface area contributed by atoms with E-state index in [1.54, 1.807) is 32.7 Å². The summed E-state index contributed by atoms with van der Waals surface area (Å²) in [6, 6.07) is 8.48. The summed E-state index contributed by atoms with van der Waals surface area (Å²) in [6.45, 7) is 8.62. The van der Waals surface area contributed by atoms with Crippen molar-refractivity contribution in [1.29, 1.82) is 0 Å². The van der Waals surface area contributed by atoms with E-state index < -0.39 is 0 Å². The SMILES string of the molecule is C/C=C(\N=NC)C1CC1.CC1CCC(C2CCC2)CC1.Cc1ccc(C)cc1. The van der Waals surface area contributed by atoms with Crippen LogP contribution in [0.4, 0.5) is 0 Å². The predicted molar refractivity (Wildman–Crippen MR) is 122 cm³/mol. The molecule has 0 unspecified atom stereocenters. The highest BCUT2D eigenvalue weighted by Crippen LogP contribution is 2.42. The van der Waals surface area contributed by atoms with Crippen LogP contribution in [0, 0.1) is 37.5 Å². The lowest BCUT2D eigenvalue weighted by molar-refractivity contribution is 0.143. The molecule has 1 aromatic carbocycles. The maximum absolute atomic E-state index is 3.99. The van der Waals surface area contributed by atoms with Gasteiger partial charge in [-0.15, -0.1) is 0 Å². The van der Waals surface area contributed by atoms with E-state index in [1.165, 1.54) is 43.2 Å². The molecule has 156 valence electrons. The molecule has 2 heteroatoms. The molecular weight excluding hydrogens is 340 g/mol. The summed E-state index contributed by atoms with van der Waals surface area (Å²) in [5.41, 5.74) is 3.82. The Morgan fingerprint density at radius 2 is 1.32 bits per heavy atom. The number of rotatable bonds is 3. The fourth-order valence-corrected chi connectivity index (χ4v) is 4.18. The Hall–Kier alpha value is -1.44. The lowest BCUT2D eigenvalue weighted by Gasteiger charge is -2.37. The lowest BCUT2D eigenvalue weighted by Crippen LogP contribution is -2.25. The summed E-state index contributed by atoms with van der Waals surface area (Å²) < 4.78 is 0. The van der Waals surface area contributed by atoms with Gasteiger partial charge in [0.2, 0.25) is 0 Å². The minimum absolute atomic E-state index is 0.735. The van der Waals surface area contributed by atoms with Gasteiger partial charge in [0.15, 0.2) is 0 Å². The van der Waals surface area contributed by atoms with E-state index in [4.69, 9.17) is 0 Å². The zero-order valence-electron chi connectivity index (χ0n) is 19.0. The molecule has 3 saturated carbocycles. The van der Waals surface area contributed by atoms with E-state index in [-0.39, 0.29) is 0 Å². The Morgan fingerprint density at radius 3 is 1.68 bits per heavy atom. The van der Waals surface area contributed by atoms with Crippen LogP contribution in [0.3, 0.4) is 0 Å². The molecule has 0 aliphatic heterocycles. The third-order valence-corrected chi connectivity index (χ3v) is 6.60. The maximum Gasteiger partial charge on any atom is 0.0614 e. The van der Waals surface area contributed by atoms with Crippen molar-refractivity contribution in [2.45, 2.75) is 85.5 Å². The number of benzene rings is 1. The zero-order valence-corrected chi connectivity index (χ0v) is 19.0. The molecule has 2 nitrogen and oxygen atoms in total. The number of nitrogens with zero attached hydrogens (tertiary/aromatic N) is 2. The average Bonchev–Trinajstić information content (AvgIpc) is 3.49. The van der Waals surface area contributed by atoms with Crippen molar-refractivity contribution < 1.29 is 0 Å². The Labute approximate surface area is 173 Å². The third kappa shape index (κ3) is 8.29. The van der Waals surface area contributed by atoms with Crippen molar-refractivity contribution >= 4 is 0 Å². The smallest absolute Gasteiger partial charge is 0.0614 e. The molecule has 0 saturated heterocycles. The first-order valence-corrected chi connectivity index (χ1v) is 11.5. The van der Waals surface area contributed by atoms with Crippen molar-refractivity contribution in [3.63, 3.8) is 0 Å². The van der Waals surface area contributed by atoms with Crippen LogP contribution in [0.25, 0.3) is 0 Å². The van der Waals surface area contributed by atoms with Gasteiger partial charge in [-0.2, -0.15) is 10.2 Å². The standard InChI is InChI=1S/C11H20.C8H10.C7H12N2/c1-9-5-7-11(8-6-9)10-3-2-4-10;1-7-3-5-8(2)6-4-7;1-3-7(9-8-2)6-4-5-6/h9-11H,2-8H2,1H3;3-6H,1-2H3;3,6H,4-5H2,1-2H3/b;;7-3-,9-8?. The molecule has 0 spiro atoms. The largest absolute Gasteiger partial charge is 0.192 e. The minimum Gasteiger partial charge on any atom is -0.192 e. The van der Waals surface area contributed by atoms with Gasteiger partial charge in [0.05, 0.1) is 5.70 Å². The highest BCUT2D eigenvalue weighted by Gasteiger charge is 2.29. The second-order valence-electron chi connectivity index (χ2n) is 9.15. The highest BCUT2D eigenvalue weighted by atomic mass is 15.1. The normalized spacial score (nSPS) is 25.2. The van der Waals surface area contributed by atoms with Gasteiger partial charge in [-0.25, -0.2) is 0 Å². The number of azo groups is 1. The number of aryl methyl sites for hydroxylation is 2. The molecule has 1 aromatic rings. The summed E-state index contributed by atoms with van der Waals surface area (Å²) in [4.78, 5) is 0. The van der Waals surface area contributed by atoms with Gasteiger partial charge in [0.25, 0.3) is 0 Å². The Bertz CT molecular complexity index is 577. The predicted octanol–water partition coefficient (Wildman–Crippen LogP) is 8.30. The van der Waals surface area contributed by atoms with Gasteiger partial charge < -0.3 is 0 Å². The third-order valence-electron chi connectivity index (χ3n) is 6.60. The Balaban J connectivity index is 0.000000153. The van der Waals surface area contributed by atoms with Crippen LogP contribution < -0.4 is 0 Å². The van der Waals surface area contributed by atoms with Gasteiger partial charge in [0.1, 0.15) is 0 Å². The van der Waals surface area contributed by atoms with Gasteiger partial charge in [-0.05, 0) is 64.2 Å². The molecule has 28 heavy (non-hydrogen) atoms. The molecule has 0 heterocycles. The summed E-state index contributed by atoms with van der Waals surface area (Å²) >= 11 is 0. The van der Waals surface area contributed by atoms with E-state index in [9.17, 15) is 0 Å². The molecule has 0 atom stereocenters. The number of hydrogen-bond acceptors (Lipinski definition) is 2. The summed E-state index contributed by atoms with van der Waals surface area (Å²) in [7, 11) is 1.71. The van der Waals surface area contributed by atoms with Crippen LogP contribution in [-0.4, -0.2) is 7.05 Å². The molecule has 4 rings (SSSR count). The van der Waals surface area contributed by atoms with Crippen molar-refractivity contribution in [2.24, 2.45) is 33.9 Å². The van der Waals surface area contributed by atoms with E-state index in [0.717, 1.165) is 29.4 Å². The number of allylic oxidation sites excluding steroid dienone is 2. The second kappa shape index (κ2) is 12.2. The van der Waals surface area contributed by atoms with E-state index in [1.807, 2.05) is 13.0 Å². The monoisotopic (exact) mass is 382 g/mol. The molecule has 0 bridgehead atoms. The first-order chi connectivity index (χ1) is 13.5. The lowest BCUT2D eigenvalue weighted by atomic mass is 9.68. The van der Waals surface area contributed by atoms with Gasteiger partial charge in [-0.1, -0.05) is 80.5 Å². The topological polar surface area (TPSA) is 24.7 Å². The van der Waals surface area contributed by atoms with Crippen molar-refractivity contribution in [2.75, 3.05) is 7.05 Å². The quantitative estimate of drug-likeness (QED) is 0.470. The highest BCUT2D eigenvalue weighted by molar-refractivity contribution is 5.19. The zero-order chi connectivity index (χ0) is 20.4. The maximum atomic E-state index is 3.99. The minimum atomic E-state index is 0.735. The molecule has 0 amide bonds. The molecule has 3 aliphatic rings. The fraction of sp³-hybridized carbons (Fsp3) is 0.692. The molecule has 3 fully saturated rings. The van der Waals surface area contributed by atoms with Crippen LogP contribution >= 0.6 is 0 Å². The van der Waals surface area contributed by atoms with Crippen LogP contribution in [0.2, 0.25) is 0 Å². The summed E-state index contributed by atoms with van der Waals surface area (Å²) in [5.74, 6) is 4.06. The molecule has 0 aromatic heterocycles. The van der Waals surface area contributed by atoms with Crippen molar-refractivity contribution in [3.8, 4) is 0 Å². The second-order valence-corrected chi connectivity index (χ2v) is 9.15. The van der Waals surface area contributed by atoms with E-state index in [2.05, 4.69) is 55.3 Å². The van der Waals surface area contributed by atoms with Crippen LogP contribution in [0.1, 0.15) is 82.8 Å². The van der Waals surface area contributed by atoms with Gasteiger partial charge >= 0.3 is 0 Å². The first-order valence-electron chi connectivity index (χ1n) is 11.5. The Kier molecular flexibility index (Phi) is 9.95. The van der Waals surface area contributed by atoms with Gasteiger partial charge in [0, 0.05) is 13.0 Å². The van der Waals surface area contributed by atoms with E-state index >= 15 is 0 Å². The summed E-state index contributed by atoms with van der Waals surface area (Å²) in [5, 5.41) is 7.72. The molecular formula is C26H42N2. The van der Waals surface area contributed by atoms with Crippen LogP contribution in [0.15, 0.2) is 46.3 Å². The van der Waals surface area contributed by atoms with Gasteiger partial charge in [-0.3, -0.25) is 0 Å². The molecule has 3 aliphatic carbocycles. The van der Waals surface area contributed by atoms with Crippen LogP contribution in [0.5, 0.6) is 0 Å². The van der Waals surface area contributed by atoms with E-state index in [0.29, 0.717) is 0 Å². The molecule has 0 radical (unpaired) electrons. The fourth-order valence-electron chi connectivity index (χ4n) is 4.18. The van der Waals surface area contributed by atoms with Crippen molar-refractivity contribution in [1.82, 2.24) is 0 Å².